The number of halogens is 3. The highest BCUT2D eigenvalue weighted by atomic mass is 79.9. The zero-order chi connectivity index (χ0) is 16.2. The number of nitrogens with zero attached hydrogens (tertiary/aromatic N) is 2. The molecule has 0 atom stereocenters. The molecule has 0 radical (unpaired) electrons. The van der Waals surface area contributed by atoms with Gasteiger partial charge in [-0.3, -0.25) is 4.79 Å². The molecule has 0 N–H and O–H groups in total. The lowest BCUT2D eigenvalue weighted by atomic mass is 10.1. The highest BCUT2D eigenvalue weighted by Gasteiger charge is 2.12. The van der Waals surface area contributed by atoms with E-state index in [4.69, 9.17) is 23.2 Å². The Kier molecular flexibility index (Phi) is 6.49. The van der Waals surface area contributed by atoms with Crippen molar-refractivity contribution in [3.05, 3.63) is 82.7 Å². The van der Waals surface area contributed by atoms with Gasteiger partial charge in [-0.05, 0) is 41.4 Å². The monoisotopic (exact) mass is 423 g/mol. The van der Waals surface area contributed by atoms with Gasteiger partial charge >= 0.3 is 0 Å². The van der Waals surface area contributed by atoms with Crippen molar-refractivity contribution in [2.24, 2.45) is 0 Å². The van der Waals surface area contributed by atoms with Crippen molar-refractivity contribution in [1.82, 2.24) is 4.98 Å². The van der Waals surface area contributed by atoms with E-state index >= 15 is 0 Å². The summed E-state index contributed by atoms with van der Waals surface area (Å²) >= 11 is 11.8. The second kappa shape index (κ2) is 8.38. The van der Waals surface area contributed by atoms with Crippen LogP contribution in [0.2, 0.25) is 10.0 Å². The molecule has 3 aromatic rings. The Hall–Kier alpha value is -1.75. The number of ketones is 1. The van der Waals surface area contributed by atoms with Crippen LogP contribution in [0.5, 0.6) is 0 Å². The average molecular weight is 425 g/mol. The molecule has 0 aliphatic carbocycles. The van der Waals surface area contributed by atoms with Crippen LogP contribution in [-0.4, -0.2) is 10.8 Å². The van der Waals surface area contributed by atoms with Gasteiger partial charge in [-0.1, -0.05) is 35.3 Å². The Labute approximate surface area is 160 Å². The summed E-state index contributed by atoms with van der Waals surface area (Å²) in [6, 6.07) is 16.2. The molecule has 3 rings (SSSR count). The van der Waals surface area contributed by atoms with E-state index in [-0.39, 0.29) is 29.3 Å². The van der Waals surface area contributed by atoms with E-state index in [0.29, 0.717) is 15.6 Å². The van der Waals surface area contributed by atoms with Gasteiger partial charge < -0.3 is 0 Å². The highest BCUT2D eigenvalue weighted by Crippen LogP contribution is 2.19. The normalized spacial score (nSPS) is 10.1. The minimum Gasteiger partial charge on any atom is -0.290 e. The Morgan fingerprint density at radius 1 is 1.00 bits per heavy atom. The molecule has 0 fully saturated rings. The molecule has 0 amide bonds. The quantitative estimate of drug-likeness (QED) is 0.445. The van der Waals surface area contributed by atoms with Crippen LogP contribution in [0, 0.1) is 0 Å². The number of carbonyl (C=O) groups excluding carboxylic acids is 1. The molecule has 0 saturated carbocycles. The zero-order valence-corrected chi connectivity index (χ0v) is 15.7. The first-order chi connectivity index (χ1) is 11.1. The van der Waals surface area contributed by atoms with Gasteiger partial charge in [-0.15, -0.1) is 17.0 Å². The largest absolute Gasteiger partial charge is 0.290 e. The Morgan fingerprint density at radius 2 is 1.75 bits per heavy atom. The summed E-state index contributed by atoms with van der Waals surface area (Å²) in [7, 11) is 0. The fourth-order valence-corrected chi connectivity index (χ4v) is 2.51. The molecule has 0 aliphatic heterocycles. The average Bonchev–Trinajstić information content (AvgIpc) is 2.56. The topological polar surface area (TPSA) is 33.8 Å². The summed E-state index contributed by atoms with van der Waals surface area (Å²) in [5, 5.41) is 1.28. The molecule has 0 bridgehead atoms. The molecule has 0 saturated heterocycles. The molecule has 1 heterocycles. The van der Waals surface area contributed by atoms with Gasteiger partial charge in [0.15, 0.2) is 12.2 Å². The predicted octanol–water partition coefficient (Wildman–Crippen LogP) is 4.80. The minimum atomic E-state index is 0. The molecule has 24 heavy (non-hydrogen) atoms. The van der Waals surface area contributed by atoms with Gasteiger partial charge in [0.05, 0.1) is 6.20 Å². The predicted molar refractivity (Wildman–Crippen MR) is 101 cm³/mol. The van der Waals surface area contributed by atoms with Gasteiger partial charge in [-0.2, -0.15) is 0 Å². The molecule has 0 unspecified atom stereocenters. The number of rotatable bonds is 4. The number of hydrogen-bond donors (Lipinski definition) is 0. The van der Waals surface area contributed by atoms with E-state index in [1.807, 2.05) is 36.5 Å². The second-order valence-corrected chi connectivity index (χ2v) is 5.93. The van der Waals surface area contributed by atoms with Crippen LogP contribution in [0.4, 0.5) is 0 Å². The number of hydrogen-bond acceptors (Lipinski definition) is 2. The van der Waals surface area contributed by atoms with Crippen LogP contribution in [0.1, 0.15) is 10.4 Å². The second-order valence-electron chi connectivity index (χ2n) is 5.06. The number of benzene rings is 2. The van der Waals surface area contributed by atoms with Gasteiger partial charge in [0.1, 0.15) is 0 Å². The van der Waals surface area contributed by atoms with Crippen molar-refractivity contribution in [3.8, 4) is 11.3 Å². The summed E-state index contributed by atoms with van der Waals surface area (Å²) in [4.78, 5) is 16.6. The summed E-state index contributed by atoms with van der Waals surface area (Å²) in [6.07, 6.45) is 3.47. The third-order valence-corrected chi connectivity index (χ3v) is 3.87. The molecule has 3 nitrogen and oxygen atoms in total. The van der Waals surface area contributed by atoms with Gasteiger partial charge in [-0.25, -0.2) is 4.57 Å². The van der Waals surface area contributed by atoms with Crippen molar-refractivity contribution in [3.63, 3.8) is 0 Å². The van der Waals surface area contributed by atoms with Crippen LogP contribution in [-0.2, 0) is 6.54 Å². The van der Waals surface area contributed by atoms with Crippen LogP contribution >= 0.6 is 40.2 Å². The summed E-state index contributed by atoms with van der Waals surface area (Å²) in [6.45, 7) is 0.227. The summed E-state index contributed by atoms with van der Waals surface area (Å²) in [5.74, 6) is 0.00368. The van der Waals surface area contributed by atoms with Crippen LogP contribution in [0.15, 0.2) is 67.1 Å². The lowest BCUT2D eigenvalue weighted by Gasteiger charge is -2.01. The maximum atomic E-state index is 12.2. The van der Waals surface area contributed by atoms with Crippen LogP contribution in [0.3, 0.4) is 0 Å². The van der Waals surface area contributed by atoms with Gasteiger partial charge in [0, 0.05) is 27.2 Å². The van der Waals surface area contributed by atoms with Crippen molar-refractivity contribution in [2.45, 2.75) is 6.54 Å². The van der Waals surface area contributed by atoms with Crippen LogP contribution in [0.25, 0.3) is 11.3 Å². The Bertz CT molecular complexity index is 836. The Morgan fingerprint density at radius 3 is 2.38 bits per heavy atom. The lowest BCUT2D eigenvalue weighted by molar-refractivity contribution is -0.686. The van der Waals surface area contributed by atoms with E-state index in [1.54, 1.807) is 35.2 Å². The fraction of sp³-hybridized carbons (Fsp3) is 0.0556. The van der Waals surface area contributed by atoms with E-state index in [1.165, 1.54) is 0 Å². The van der Waals surface area contributed by atoms with E-state index in [2.05, 4.69) is 4.98 Å². The maximum absolute atomic E-state index is 12.2. The van der Waals surface area contributed by atoms with Crippen molar-refractivity contribution >= 4 is 46.0 Å². The summed E-state index contributed by atoms with van der Waals surface area (Å²) < 4.78 is 1.74. The Balaban J connectivity index is 0.00000208. The van der Waals surface area contributed by atoms with Crippen molar-refractivity contribution < 1.29 is 9.36 Å². The number of carbonyl (C=O) groups is 1. The first-order valence-corrected chi connectivity index (χ1v) is 7.77. The molecular formula is C18H14BrCl2N2O+. The maximum Gasteiger partial charge on any atom is 0.287 e. The number of aromatic nitrogens is 2. The van der Waals surface area contributed by atoms with Crippen molar-refractivity contribution in [2.75, 3.05) is 0 Å². The van der Waals surface area contributed by atoms with Crippen molar-refractivity contribution in [1.29, 1.82) is 0 Å². The number of Topliss-reactive ketones (excluding diaryl/α,β-unsaturated/α-hetero) is 1. The molecule has 0 spiro atoms. The van der Waals surface area contributed by atoms with Crippen LogP contribution < -0.4 is 4.57 Å². The van der Waals surface area contributed by atoms with Gasteiger partial charge in [0.2, 0.25) is 5.78 Å². The molecule has 1 aromatic heterocycles. The van der Waals surface area contributed by atoms with E-state index in [0.717, 1.165) is 11.3 Å². The lowest BCUT2D eigenvalue weighted by Crippen LogP contribution is -2.37. The molecule has 6 heteroatoms. The minimum absolute atomic E-state index is 0. The first kappa shape index (κ1) is 18.6. The van der Waals surface area contributed by atoms with E-state index < -0.39 is 0 Å². The molecule has 122 valence electrons. The molecule has 0 aliphatic rings. The fourth-order valence-electron chi connectivity index (χ4n) is 2.19. The van der Waals surface area contributed by atoms with E-state index in [9.17, 15) is 4.79 Å². The third kappa shape index (κ3) is 4.63. The highest BCUT2D eigenvalue weighted by molar-refractivity contribution is 8.93. The first-order valence-electron chi connectivity index (χ1n) is 7.01. The molecule has 2 aromatic carbocycles. The smallest absolute Gasteiger partial charge is 0.287 e. The zero-order valence-electron chi connectivity index (χ0n) is 12.5. The SMILES string of the molecule is Br.O=C(C[n+]1ccc(-c2cccc(Cl)c2)nc1)c1ccc(Cl)cc1. The standard InChI is InChI=1S/C18H13Cl2N2O.BrH/c19-15-6-4-13(5-7-15)18(23)11-22-9-8-17(21-12-22)14-2-1-3-16(20)10-14;/h1-10,12H,11H2;1H/q+1;. The third-order valence-electron chi connectivity index (χ3n) is 3.38. The summed E-state index contributed by atoms with van der Waals surface area (Å²) in [5.41, 5.74) is 2.37. The van der Waals surface area contributed by atoms with Gasteiger partial charge in [0.25, 0.3) is 6.33 Å². The molecular weight excluding hydrogens is 411 g/mol.